The Labute approximate surface area is 316 Å². The maximum Gasteiger partial charge on any atom is 0.407 e. The summed E-state index contributed by atoms with van der Waals surface area (Å²) < 4.78 is 49.0. The summed E-state index contributed by atoms with van der Waals surface area (Å²) in [7, 11) is 0. The molecule has 0 aliphatic carbocycles. The first-order chi connectivity index (χ1) is 26.6. The number of aryl methyl sites for hydroxylation is 1. The predicted molar refractivity (Wildman–Crippen MR) is 190 cm³/mol. The molecule has 4 aromatic rings. The number of hydrogen-bond donors (Lipinski definition) is 7. The molecular formula is C36H39F3N6O11. The van der Waals surface area contributed by atoms with Gasteiger partial charge in [0.1, 0.15) is 29.8 Å². The monoisotopic (exact) mass is 788 g/mol. The topological polar surface area (TPSA) is 240 Å². The van der Waals surface area contributed by atoms with Crippen LogP contribution in [0.25, 0.3) is 0 Å². The molecule has 4 rings (SSSR count). The number of halogens is 3. The summed E-state index contributed by atoms with van der Waals surface area (Å²) in [6, 6.07) is 19.8. The minimum Gasteiger partial charge on any atom is -0.508 e. The third-order valence-corrected chi connectivity index (χ3v) is 7.42. The second kappa shape index (κ2) is 21.0. The number of aromatic nitrogens is 2. The van der Waals surface area contributed by atoms with Crippen molar-refractivity contribution in [2.24, 2.45) is 0 Å². The lowest BCUT2D eigenvalue weighted by atomic mass is 10.0. The molecule has 0 bridgehead atoms. The largest absolute Gasteiger partial charge is 0.508 e. The second-order valence-corrected chi connectivity index (χ2v) is 11.5. The van der Waals surface area contributed by atoms with E-state index in [1.807, 2.05) is 6.92 Å². The molecule has 0 aliphatic heterocycles. The highest BCUT2D eigenvalue weighted by molar-refractivity contribution is 5.92. The van der Waals surface area contributed by atoms with Gasteiger partial charge < -0.3 is 46.3 Å². The number of amides is 4. The van der Waals surface area contributed by atoms with Gasteiger partial charge in [0.05, 0.1) is 6.42 Å². The zero-order valence-electron chi connectivity index (χ0n) is 29.7. The molecule has 300 valence electrons. The Morgan fingerprint density at radius 2 is 1.14 bits per heavy atom. The molecule has 2 aromatic heterocycles. The Kier molecular flexibility index (Phi) is 16.3. The first-order valence-corrected chi connectivity index (χ1v) is 16.8. The molecule has 2 heterocycles. The van der Waals surface area contributed by atoms with Crippen molar-refractivity contribution in [3.63, 3.8) is 0 Å². The van der Waals surface area contributed by atoms with Gasteiger partial charge in [0.15, 0.2) is 0 Å². The maximum absolute atomic E-state index is 12.9. The molecule has 17 nitrogen and oxygen atoms in total. The zero-order chi connectivity index (χ0) is 41.3. The van der Waals surface area contributed by atoms with Crippen molar-refractivity contribution in [1.82, 2.24) is 30.7 Å². The third-order valence-electron chi connectivity index (χ3n) is 7.42. The summed E-state index contributed by atoms with van der Waals surface area (Å²) in [6.45, 7) is 1.85. The standard InChI is InChI=1S/C20H22F3N3O5.C16H17N3O6/c1-2-13-6-8-14(9-7-13)16(12-20(21,22)23)31-19(29)25-11-10-24-18(28)15-4-3-5-17(27)26(15)30;20-12-6-4-11(5-7-12)10-25-16(23)18-9-8-17-15(22)13-2-1-3-14(21)19(13)24/h3-9,16,30H,2,10-12H2,1H3,(H,24,28)(H,25,29);1-7,20,24H,8-10H2,(H,17,22)(H,18,23)/t16-;/m0./s1. The Morgan fingerprint density at radius 1 is 0.679 bits per heavy atom. The van der Waals surface area contributed by atoms with Gasteiger partial charge in [-0.15, -0.1) is 9.46 Å². The minimum absolute atomic E-state index is 0.0409. The number of hydrogen-bond acceptors (Lipinski definition) is 11. The van der Waals surface area contributed by atoms with Gasteiger partial charge in [-0.05, 0) is 47.4 Å². The van der Waals surface area contributed by atoms with Crippen LogP contribution in [0.3, 0.4) is 0 Å². The van der Waals surface area contributed by atoms with Gasteiger partial charge in [0.25, 0.3) is 22.9 Å². The van der Waals surface area contributed by atoms with Gasteiger partial charge >= 0.3 is 18.4 Å². The van der Waals surface area contributed by atoms with Crippen LogP contribution < -0.4 is 32.4 Å². The molecule has 2 aromatic carbocycles. The van der Waals surface area contributed by atoms with Crippen LogP contribution in [0.1, 0.15) is 57.1 Å². The Hall–Kier alpha value is -6.99. The number of carbonyl (C=O) groups is 4. The molecule has 1 atom stereocenters. The number of ether oxygens (including phenoxy) is 2. The SMILES string of the molecule is CCc1ccc([C@H](CC(F)(F)F)OC(=O)NCCNC(=O)c2cccc(=O)n2O)cc1.O=C(NCCNC(=O)c1cccc(=O)n1O)OCc1ccc(O)cc1. The van der Waals surface area contributed by atoms with Crippen molar-refractivity contribution >= 4 is 24.0 Å². The van der Waals surface area contributed by atoms with E-state index in [1.54, 1.807) is 24.3 Å². The quantitative estimate of drug-likeness (QED) is 0.0723. The van der Waals surface area contributed by atoms with E-state index in [2.05, 4.69) is 21.3 Å². The summed E-state index contributed by atoms with van der Waals surface area (Å²) in [4.78, 5) is 69.7. The fourth-order valence-corrected chi connectivity index (χ4v) is 4.54. The summed E-state index contributed by atoms with van der Waals surface area (Å²) in [5, 5.41) is 37.6. The first-order valence-electron chi connectivity index (χ1n) is 16.8. The van der Waals surface area contributed by atoms with E-state index >= 15 is 0 Å². The highest BCUT2D eigenvalue weighted by atomic mass is 19.4. The third kappa shape index (κ3) is 14.4. The summed E-state index contributed by atoms with van der Waals surface area (Å²) in [5.41, 5.74) is -0.172. The number of benzene rings is 2. The van der Waals surface area contributed by atoms with E-state index in [9.17, 15) is 52.4 Å². The van der Waals surface area contributed by atoms with Crippen LogP contribution in [0.2, 0.25) is 0 Å². The van der Waals surface area contributed by atoms with Crippen molar-refractivity contribution in [2.75, 3.05) is 26.2 Å². The molecule has 56 heavy (non-hydrogen) atoms. The zero-order valence-corrected chi connectivity index (χ0v) is 29.7. The van der Waals surface area contributed by atoms with E-state index in [0.29, 0.717) is 12.0 Å². The molecule has 20 heteroatoms. The number of aromatic hydroxyl groups is 1. The number of rotatable bonds is 14. The van der Waals surface area contributed by atoms with Crippen LogP contribution in [0.4, 0.5) is 22.8 Å². The normalized spacial score (nSPS) is 11.2. The molecule has 7 N–H and O–H groups in total. The van der Waals surface area contributed by atoms with Gasteiger partial charge in [-0.2, -0.15) is 13.2 Å². The van der Waals surface area contributed by atoms with E-state index in [4.69, 9.17) is 14.6 Å². The number of carbonyl (C=O) groups excluding carboxylic acids is 4. The number of pyridine rings is 2. The molecule has 0 saturated heterocycles. The number of alkyl halides is 3. The van der Waals surface area contributed by atoms with Crippen molar-refractivity contribution in [3.05, 3.63) is 134 Å². The average Bonchev–Trinajstić information content (AvgIpc) is 3.16. The Balaban J connectivity index is 0.000000307. The van der Waals surface area contributed by atoms with Crippen molar-refractivity contribution < 1.29 is 57.3 Å². The smallest absolute Gasteiger partial charge is 0.407 e. The molecule has 0 spiro atoms. The second-order valence-electron chi connectivity index (χ2n) is 11.5. The molecule has 0 aliphatic rings. The average molecular weight is 789 g/mol. The molecule has 0 fully saturated rings. The number of phenols is 1. The van der Waals surface area contributed by atoms with Crippen LogP contribution in [0, 0.1) is 0 Å². The van der Waals surface area contributed by atoms with Gasteiger partial charge in [-0.3, -0.25) is 19.2 Å². The minimum atomic E-state index is -4.54. The molecule has 0 radical (unpaired) electrons. The van der Waals surface area contributed by atoms with E-state index in [1.165, 1.54) is 48.5 Å². The predicted octanol–water partition coefficient (Wildman–Crippen LogP) is 3.25. The van der Waals surface area contributed by atoms with Gasteiger partial charge in [-0.1, -0.05) is 55.5 Å². The van der Waals surface area contributed by atoms with Crippen LogP contribution >= 0.6 is 0 Å². The Bertz CT molecular complexity index is 2050. The summed E-state index contributed by atoms with van der Waals surface area (Å²) in [6.07, 6.45) is -8.44. The molecular weight excluding hydrogens is 749 g/mol. The highest BCUT2D eigenvalue weighted by Crippen LogP contribution is 2.32. The molecule has 0 unspecified atom stereocenters. The first kappa shape index (κ1) is 43.4. The number of phenolic OH excluding ortho intramolecular Hbond substituents is 1. The highest BCUT2D eigenvalue weighted by Gasteiger charge is 2.35. The lowest BCUT2D eigenvalue weighted by Gasteiger charge is -2.20. The fraction of sp³-hybridized carbons (Fsp3) is 0.278. The number of nitrogens with zero attached hydrogens (tertiary/aromatic N) is 2. The van der Waals surface area contributed by atoms with Crippen LogP contribution in [0.5, 0.6) is 5.75 Å². The van der Waals surface area contributed by atoms with Crippen LogP contribution in [-0.2, 0) is 22.5 Å². The van der Waals surface area contributed by atoms with Crippen molar-refractivity contribution in [1.29, 1.82) is 0 Å². The van der Waals surface area contributed by atoms with Gasteiger partial charge in [0.2, 0.25) is 0 Å². The number of nitrogens with one attached hydrogen (secondary N) is 4. The number of alkyl carbamates (subject to hydrolysis) is 2. The lowest BCUT2D eigenvalue weighted by Crippen LogP contribution is -2.37. The van der Waals surface area contributed by atoms with Crippen molar-refractivity contribution in [2.45, 2.75) is 38.7 Å². The molecule has 4 amide bonds. The molecule has 0 saturated carbocycles. The van der Waals surface area contributed by atoms with Gasteiger partial charge in [0, 0.05) is 38.3 Å². The summed E-state index contributed by atoms with van der Waals surface area (Å²) in [5.74, 6) is -1.31. The lowest BCUT2D eigenvalue weighted by molar-refractivity contribution is -0.154. The fourth-order valence-electron chi connectivity index (χ4n) is 4.54. The van der Waals surface area contributed by atoms with E-state index < -0.39 is 53.8 Å². The van der Waals surface area contributed by atoms with Crippen LogP contribution in [0.15, 0.2) is 94.5 Å². The Morgan fingerprint density at radius 3 is 1.62 bits per heavy atom. The maximum atomic E-state index is 12.9. The summed E-state index contributed by atoms with van der Waals surface area (Å²) >= 11 is 0. The van der Waals surface area contributed by atoms with E-state index in [-0.39, 0.29) is 64.9 Å². The van der Waals surface area contributed by atoms with Crippen molar-refractivity contribution in [3.8, 4) is 5.75 Å². The van der Waals surface area contributed by atoms with E-state index in [0.717, 1.165) is 17.7 Å². The van der Waals surface area contributed by atoms with Gasteiger partial charge in [-0.25, -0.2) is 9.59 Å². The van der Waals surface area contributed by atoms with Crippen LogP contribution in [-0.4, -0.2) is 81.3 Å².